The number of Topliss-reactive ketones (excluding diaryl/α,β-unsaturated/α-hetero) is 1. The maximum Gasteiger partial charge on any atom is 0.225 e. The Kier molecular flexibility index (Phi) is 4.72. The van der Waals surface area contributed by atoms with Gasteiger partial charge < -0.3 is 14.5 Å². The van der Waals surface area contributed by atoms with Gasteiger partial charge in [-0.1, -0.05) is 13.0 Å². The number of ketones is 1. The molecule has 2 aromatic rings. The summed E-state index contributed by atoms with van der Waals surface area (Å²) in [5, 5.41) is 0. The minimum absolute atomic E-state index is 0.190. The third-order valence-corrected chi connectivity index (χ3v) is 5.49. The number of methoxy groups -OCH3 is 1. The average molecular weight is 366 g/mol. The third-order valence-electron chi connectivity index (χ3n) is 5.49. The number of carbonyl (C=O) groups is 1. The van der Waals surface area contributed by atoms with Gasteiger partial charge in [-0.15, -0.1) is 0 Å². The average Bonchev–Trinajstić information content (AvgIpc) is 2.67. The van der Waals surface area contributed by atoms with Crippen molar-refractivity contribution in [1.82, 2.24) is 9.97 Å². The van der Waals surface area contributed by atoms with E-state index in [2.05, 4.69) is 33.8 Å². The van der Waals surface area contributed by atoms with Crippen LogP contribution in [0.2, 0.25) is 0 Å². The summed E-state index contributed by atoms with van der Waals surface area (Å²) in [5.74, 6) is 2.19. The largest absolute Gasteiger partial charge is 0.497 e. The lowest BCUT2D eigenvalue weighted by Gasteiger charge is -2.36. The smallest absolute Gasteiger partial charge is 0.225 e. The molecule has 2 aliphatic rings. The van der Waals surface area contributed by atoms with Crippen LogP contribution in [0.15, 0.2) is 24.3 Å². The lowest BCUT2D eigenvalue weighted by Crippen LogP contribution is -2.47. The third kappa shape index (κ3) is 3.48. The Morgan fingerprint density at radius 2 is 1.81 bits per heavy atom. The summed E-state index contributed by atoms with van der Waals surface area (Å²) in [5.41, 5.74) is 3.68. The zero-order valence-electron chi connectivity index (χ0n) is 16.2. The van der Waals surface area contributed by atoms with Crippen molar-refractivity contribution in [2.45, 2.75) is 26.7 Å². The first-order chi connectivity index (χ1) is 13.0. The molecule has 0 bridgehead atoms. The standard InChI is InChI=1S/C21H26N4O2/c1-14-11-18-20(19(26)12-14)15(2)22-21(23-18)25-9-7-24(8-10-25)16-5-4-6-17(13-16)27-3/h4-6,13-14H,7-12H2,1-3H3/t14-/m1/s1. The number of aryl methyl sites for hydroxylation is 1. The van der Waals surface area contributed by atoms with Gasteiger partial charge in [0.2, 0.25) is 5.95 Å². The van der Waals surface area contributed by atoms with Gasteiger partial charge >= 0.3 is 0 Å². The summed E-state index contributed by atoms with van der Waals surface area (Å²) in [6.45, 7) is 7.58. The van der Waals surface area contributed by atoms with Crippen LogP contribution in [0.1, 0.15) is 35.1 Å². The van der Waals surface area contributed by atoms with Gasteiger partial charge in [0.1, 0.15) is 5.75 Å². The van der Waals surface area contributed by atoms with Gasteiger partial charge in [-0.25, -0.2) is 9.97 Å². The Labute approximate surface area is 160 Å². The monoisotopic (exact) mass is 366 g/mol. The van der Waals surface area contributed by atoms with Crippen molar-refractivity contribution in [2.75, 3.05) is 43.1 Å². The maximum atomic E-state index is 12.3. The van der Waals surface area contributed by atoms with E-state index in [9.17, 15) is 4.79 Å². The first-order valence-electron chi connectivity index (χ1n) is 9.60. The Morgan fingerprint density at radius 3 is 2.56 bits per heavy atom. The van der Waals surface area contributed by atoms with Crippen molar-refractivity contribution >= 4 is 17.4 Å². The fourth-order valence-corrected chi connectivity index (χ4v) is 4.06. The van der Waals surface area contributed by atoms with E-state index < -0.39 is 0 Å². The summed E-state index contributed by atoms with van der Waals surface area (Å²) < 4.78 is 5.33. The van der Waals surface area contributed by atoms with E-state index in [0.717, 1.165) is 61.2 Å². The number of hydrogen-bond acceptors (Lipinski definition) is 6. The summed E-state index contributed by atoms with van der Waals surface area (Å²) in [7, 11) is 1.69. The second-order valence-electron chi connectivity index (χ2n) is 7.54. The van der Waals surface area contributed by atoms with Gasteiger partial charge in [0.05, 0.1) is 24.1 Å². The molecule has 142 valence electrons. The van der Waals surface area contributed by atoms with Crippen molar-refractivity contribution < 1.29 is 9.53 Å². The van der Waals surface area contributed by atoms with Crippen molar-refractivity contribution in [2.24, 2.45) is 5.92 Å². The maximum absolute atomic E-state index is 12.3. The van der Waals surface area contributed by atoms with Crippen LogP contribution in [0.5, 0.6) is 5.75 Å². The predicted octanol–water partition coefficient (Wildman–Crippen LogP) is 2.89. The molecule has 1 saturated heterocycles. The number of nitrogens with zero attached hydrogens (tertiary/aromatic N) is 4. The molecule has 0 amide bonds. The van der Waals surface area contributed by atoms with Crippen LogP contribution in [-0.4, -0.2) is 49.0 Å². The number of rotatable bonds is 3. The van der Waals surface area contributed by atoms with Gasteiger partial charge in [0, 0.05) is 44.4 Å². The highest BCUT2D eigenvalue weighted by molar-refractivity contribution is 5.99. The van der Waals surface area contributed by atoms with Gasteiger partial charge in [0.15, 0.2) is 5.78 Å². The van der Waals surface area contributed by atoms with E-state index in [1.807, 2.05) is 19.1 Å². The minimum Gasteiger partial charge on any atom is -0.497 e. The normalized spacial score (nSPS) is 19.8. The molecule has 1 aromatic carbocycles. The molecule has 1 aliphatic carbocycles. The van der Waals surface area contributed by atoms with Crippen LogP contribution < -0.4 is 14.5 Å². The van der Waals surface area contributed by atoms with Gasteiger partial charge in [-0.2, -0.15) is 0 Å². The molecule has 1 aliphatic heterocycles. The topological polar surface area (TPSA) is 58.6 Å². The fourth-order valence-electron chi connectivity index (χ4n) is 4.06. The van der Waals surface area contributed by atoms with E-state index in [1.54, 1.807) is 7.11 Å². The summed E-state index contributed by atoms with van der Waals surface area (Å²) in [6.07, 6.45) is 1.47. The lowest BCUT2D eigenvalue weighted by atomic mass is 9.86. The van der Waals surface area contributed by atoms with Gasteiger partial charge in [0.25, 0.3) is 0 Å². The summed E-state index contributed by atoms with van der Waals surface area (Å²) in [4.78, 5) is 26.4. The highest BCUT2D eigenvalue weighted by Gasteiger charge is 2.28. The number of fused-ring (bicyclic) bond motifs is 1. The molecule has 0 unspecified atom stereocenters. The number of hydrogen-bond donors (Lipinski definition) is 0. The van der Waals surface area contributed by atoms with E-state index in [1.165, 1.54) is 5.69 Å². The molecule has 2 heterocycles. The highest BCUT2D eigenvalue weighted by Crippen LogP contribution is 2.28. The zero-order chi connectivity index (χ0) is 19.0. The van der Waals surface area contributed by atoms with Crippen LogP contribution in [0.25, 0.3) is 0 Å². The molecule has 1 atom stereocenters. The number of aromatic nitrogens is 2. The first-order valence-corrected chi connectivity index (χ1v) is 9.60. The molecule has 0 N–H and O–H groups in total. The number of benzene rings is 1. The molecule has 0 radical (unpaired) electrons. The van der Waals surface area contributed by atoms with E-state index >= 15 is 0 Å². The number of ether oxygens (including phenoxy) is 1. The quantitative estimate of drug-likeness (QED) is 0.833. The van der Waals surface area contributed by atoms with Crippen LogP contribution in [0.3, 0.4) is 0 Å². The van der Waals surface area contributed by atoms with E-state index in [-0.39, 0.29) is 5.78 Å². The fraction of sp³-hybridized carbons (Fsp3) is 0.476. The molecular formula is C21H26N4O2. The van der Waals surface area contributed by atoms with Crippen LogP contribution in [0.4, 0.5) is 11.6 Å². The molecule has 1 fully saturated rings. The number of carbonyl (C=O) groups excluding carboxylic acids is 1. The molecule has 0 spiro atoms. The zero-order valence-corrected chi connectivity index (χ0v) is 16.2. The summed E-state index contributed by atoms with van der Waals surface area (Å²) in [6, 6.07) is 8.17. The Bertz CT molecular complexity index is 859. The van der Waals surface area contributed by atoms with Crippen LogP contribution >= 0.6 is 0 Å². The first kappa shape index (κ1) is 17.8. The lowest BCUT2D eigenvalue weighted by molar-refractivity contribution is 0.0951. The second kappa shape index (κ2) is 7.18. The van der Waals surface area contributed by atoms with Crippen molar-refractivity contribution in [1.29, 1.82) is 0 Å². The highest BCUT2D eigenvalue weighted by atomic mass is 16.5. The SMILES string of the molecule is COc1cccc(N2CCN(c3nc(C)c4c(n3)C[C@@H](C)CC4=O)CC2)c1. The van der Waals surface area contributed by atoms with Crippen molar-refractivity contribution in [3.8, 4) is 5.75 Å². The second-order valence-corrected chi connectivity index (χ2v) is 7.54. The molecule has 1 aromatic heterocycles. The predicted molar refractivity (Wildman–Crippen MR) is 106 cm³/mol. The molecular weight excluding hydrogens is 340 g/mol. The Morgan fingerprint density at radius 1 is 1.07 bits per heavy atom. The van der Waals surface area contributed by atoms with Crippen LogP contribution in [0, 0.1) is 12.8 Å². The van der Waals surface area contributed by atoms with E-state index in [4.69, 9.17) is 9.72 Å². The van der Waals surface area contributed by atoms with Gasteiger partial charge in [-0.3, -0.25) is 4.79 Å². The Balaban J connectivity index is 1.51. The molecule has 0 saturated carbocycles. The van der Waals surface area contributed by atoms with Crippen LogP contribution in [-0.2, 0) is 6.42 Å². The number of piperazine rings is 1. The van der Waals surface area contributed by atoms with Gasteiger partial charge in [-0.05, 0) is 31.4 Å². The number of anilines is 2. The minimum atomic E-state index is 0.190. The molecule has 27 heavy (non-hydrogen) atoms. The Hall–Kier alpha value is -2.63. The van der Waals surface area contributed by atoms with E-state index in [0.29, 0.717) is 12.3 Å². The molecule has 6 heteroatoms. The summed E-state index contributed by atoms with van der Waals surface area (Å²) >= 11 is 0. The molecule has 4 rings (SSSR count). The van der Waals surface area contributed by atoms with Crippen molar-refractivity contribution in [3.05, 3.63) is 41.2 Å². The molecule has 6 nitrogen and oxygen atoms in total. The van der Waals surface area contributed by atoms with Crippen molar-refractivity contribution in [3.63, 3.8) is 0 Å².